The summed E-state index contributed by atoms with van der Waals surface area (Å²) < 4.78 is 18.5. The molecule has 0 aliphatic rings. The maximum absolute atomic E-state index is 13.3. The zero-order valence-electron chi connectivity index (χ0n) is 13.8. The molecule has 2 aromatic heterocycles. The third-order valence-corrected chi connectivity index (χ3v) is 3.86. The summed E-state index contributed by atoms with van der Waals surface area (Å²) in [4.78, 5) is 25.3. The Kier molecular flexibility index (Phi) is 3.92. The lowest BCUT2D eigenvalue weighted by Gasteiger charge is -2.12. The average Bonchev–Trinajstić information content (AvgIpc) is 3.28. The SMILES string of the molecule is CN(Cc1noc(-c2ccccc2)n1)C(=O)c1nc2ccc(F)cc2[nH]1. The maximum atomic E-state index is 13.3. The second kappa shape index (κ2) is 6.40. The lowest BCUT2D eigenvalue weighted by Crippen LogP contribution is -2.27. The lowest BCUT2D eigenvalue weighted by molar-refractivity contribution is 0.0770. The fourth-order valence-corrected chi connectivity index (χ4v) is 2.56. The van der Waals surface area contributed by atoms with Gasteiger partial charge >= 0.3 is 0 Å². The predicted molar refractivity (Wildman–Crippen MR) is 91.6 cm³/mol. The summed E-state index contributed by atoms with van der Waals surface area (Å²) in [7, 11) is 1.61. The van der Waals surface area contributed by atoms with Crippen LogP contribution in [0.3, 0.4) is 0 Å². The Morgan fingerprint density at radius 1 is 1.19 bits per heavy atom. The Labute approximate surface area is 147 Å². The van der Waals surface area contributed by atoms with Gasteiger partial charge in [0, 0.05) is 12.6 Å². The van der Waals surface area contributed by atoms with Crippen LogP contribution in [0.2, 0.25) is 0 Å². The van der Waals surface area contributed by atoms with E-state index in [2.05, 4.69) is 20.1 Å². The van der Waals surface area contributed by atoms with Crippen LogP contribution in [0.15, 0.2) is 53.1 Å². The fraction of sp³-hybridized carbons (Fsp3) is 0.111. The minimum atomic E-state index is -0.395. The largest absolute Gasteiger partial charge is 0.334 e. The first-order valence-electron chi connectivity index (χ1n) is 7.89. The minimum Gasteiger partial charge on any atom is -0.334 e. The number of rotatable bonds is 4. The monoisotopic (exact) mass is 351 g/mol. The van der Waals surface area contributed by atoms with Crippen LogP contribution in [0.25, 0.3) is 22.5 Å². The molecule has 0 saturated carbocycles. The number of imidazole rings is 1. The Bertz CT molecular complexity index is 1070. The van der Waals surface area contributed by atoms with Gasteiger partial charge in [0.1, 0.15) is 5.82 Å². The van der Waals surface area contributed by atoms with Gasteiger partial charge in [-0.05, 0) is 30.3 Å². The molecule has 1 amide bonds. The zero-order valence-corrected chi connectivity index (χ0v) is 13.8. The molecule has 0 fully saturated rings. The molecule has 2 heterocycles. The quantitative estimate of drug-likeness (QED) is 0.611. The first-order chi connectivity index (χ1) is 12.6. The van der Waals surface area contributed by atoms with Gasteiger partial charge in [-0.3, -0.25) is 4.79 Å². The van der Waals surface area contributed by atoms with Crippen molar-refractivity contribution in [1.82, 2.24) is 25.0 Å². The van der Waals surface area contributed by atoms with E-state index in [1.165, 1.54) is 23.1 Å². The minimum absolute atomic E-state index is 0.125. The number of carbonyl (C=O) groups excluding carboxylic acids is 1. The highest BCUT2D eigenvalue weighted by Gasteiger charge is 2.19. The van der Waals surface area contributed by atoms with Crippen molar-refractivity contribution in [1.29, 1.82) is 0 Å². The first-order valence-corrected chi connectivity index (χ1v) is 7.89. The second-order valence-corrected chi connectivity index (χ2v) is 5.79. The molecule has 0 atom stereocenters. The normalized spacial score (nSPS) is 11.0. The molecule has 0 aliphatic heterocycles. The van der Waals surface area contributed by atoms with Gasteiger partial charge in [0.2, 0.25) is 0 Å². The number of carbonyl (C=O) groups is 1. The molecule has 8 heteroatoms. The number of hydrogen-bond acceptors (Lipinski definition) is 5. The molecule has 1 N–H and O–H groups in total. The molecule has 0 aliphatic carbocycles. The van der Waals surface area contributed by atoms with Crippen LogP contribution in [0, 0.1) is 5.82 Å². The number of amides is 1. The molecule has 0 unspecified atom stereocenters. The molecule has 0 radical (unpaired) electrons. The maximum Gasteiger partial charge on any atom is 0.289 e. The van der Waals surface area contributed by atoms with Crippen LogP contribution >= 0.6 is 0 Å². The molecule has 2 aromatic carbocycles. The van der Waals surface area contributed by atoms with Gasteiger partial charge in [0.25, 0.3) is 11.8 Å². The Hall–Kier alpha value is -3.55. The molecule has 4 aromatic rings. The van der Waals surface area contributed by atoms with E-state index in [-0.39, 0.29) is 18.3 Å². The van der Waals surface area contributed by atoms with Crippen molar-refractivity contribution in [3.8, 4) is 11.5 Å². The summed E-state index contributed by atoms with van der Waals surface area (Å²) in [5, 5.41) is 3.90. The standard InChI is InChI=1S/C18H14FN5O2/c1-24(10-15-22-17(26-23-15)11-5-3-2-4-6-11)18(25)16-20-13-8-7-12(19)9-14(13)21-16/h2-9H,10H2,1H3,(H,20,21). The average molecular weight is 351 g/mol. The topological polar surface area (TPSA) is 87.9 Å². The summed E-state index contributed by atoms with van der Waals surface area (Å²) in [6.45, 7) is 0.153. The molecule has 0 spiro atoms. The molecule has 7 nitrogen and oxygen atoms in total. The summed E-state index contributed by atoms with van der Waals surface area (Å²) in [5.41, 5.74) is 1.79. The van der Waals surface area contributed by atoms with Crippen LogP contribution in [0.1, 0.15) is 16.4 Å². The first kappa shape index (κ1) is 15.9. The van der Waals surface area contributed by atoms with E-state index in [1.54, 1.807) is 7.05 Å². The number of nitrogens with zero attached hydrogens (tertiary/aromatic N) is 4. The van der Waals surface area contributed by atoms with E-state index in [9.17, 15) is 9.18 Å². The van der Waals surface area contributed by atoms with Gasteiger partial charge in [0.05, 0.1) is 17.6 Å². The van der Waals surface area contributed by atoms with Crippen molar-refractivity contribution in [2.75, 3.05) is 7.05 Å². The number of nitrogens with one attached hydrogen (secondary N) is 1. The van der Waals surface area contributed by atoms with Gasteiger partial charge in [-0.15, -0.1) is 0 Å². The summed E-state index contributed by atoms with van der Waals surface area (Å²) in [6.07, 6.45) is 0. The Morgan fingerprint density at radius 3 is 2.81 bits per heavy atom. The van der Waals surface area contributed by atoms with Crippen LogP contribution < -0.4 is 0 Å². The number of aromatic amines is 1. The number of aromatic nitrogens is 4. The van der Waals surface area contributed by atoms with E-state index in [4.69, 9.17) is 4.52 Å². The van der Waals surface area contributed by atoms with Crippen molar-refractivity contribution in [3.63, 3.8) is 0 Å². The van der Waals surface area contributed by atoms with Crippen LogP contribution in [0.4, 0.5) is 4.39 Å². The Balaban J connectivity index is 1.51. The van der Waals surface area contributed by atoms with Crippen LogP contribution in [-0.2, 0) is 6.54 Å². The van der Waals surface area contributed by atoms with Crippen LogP contribution in [-0.4, -0.2) is 38.0 Å². The van der Waals surface area contributed by atoms with E-state index in [0.29, 0.717) is 22.7 Å². The van der Waals surface area contributed by atoms with Crippen molar-refractivity contribution in [3.05, 3.63) is 66.0 Å². The predicted octanol–water partition coefficient (Wildman–Crippen LogP) is 3.02. The molecule has 0 bridgehead atoms. The molecular weight excluding hydrogens is 337 g/mol. The van der Waals surface area contributed by atoms with E-state index >= 15 is 0 Å². The zero-order chi connectivity index (χ0) is 18.1. The smallest absolute Gasteiger partial charge is 0.289 e. The third-order valence-electron chi connectivity index (χ3n) is 3.86. The van der Waals surface area contributed by atoms with E-state index in [0.717, 1.165) is 5.56 Å². The van der Waals surface area contributed by atoms with Crippen molar-refractivity contribution in [2.45, 2.75) is 6.54 Å². The summed E-state index contributed by atoms with van der Waals surface area (Å²) in [5.74, 6) is 0.142. The molecule has 4 rings (SSSR count). The van der Waals surface area contributed by atoms with Crippen molar-refractivity contribution < 1.29 is 13.7 Å². The molecule has 0 saturated heterocycles. The fourth-order valence-electron chi connectivity index (χ4n) is 2.56. The van der Waals surface area contributed by atoms with Crippen molar-refractivity contribution in [2.24, 2.45) is 0 Å². The van der Waals surface area contributed by atoms with Gasteiger partial charge in [0.15, 0.2) is 11.6 Å². The number of halogens is 1. The Morgan fingerprint density at radius 2 is 2.00 bits per heavy atom. The highest BCUT2D eigenvalue weighted by Crippen LogP contribution is 2.17. The molecular formula is C18H14FN5O2. The van der Waals surface area contributed by atoms with Gasteiger partial charge in [-0.25, -0.2) is 9.37 Å². The number of benzene rings is 2. The van der Waals surface area contributed by atoms with E-state index in [1.807, 2.05) is 30.3 Å². The second-order valence-electron chi connectivity index (χ2n) is 5.79. The molecule has 130 valence electrons. The summed E-state index contributed by atoms with van der Waals surface area (Å²) >= 11 is 0. The van der Waals surface area contributed by atoms with Crippen molar-refractivity contribution >= 4 is 16.9 Å². The summed E-state index contributed by atoms with van der Waals surface area (Å²) in [6, 6.07) is 13.5. The molecule has 26 heavy (non-hydrogen) atoms. The number of H-pyrrole nitrogens is 1. The number of fused-ring (bicyclic) bond motifs is 1. The highest BCUT2D eigenvalue weighted by atomic mass is 19.1. The number of hydrogen-bond donors (Lipinski definition) is 1. The van der Waals surface area contributed by atoms with Gasteiger partial charge < -0.3 is 14.4 Å². The van der Waals surface area contributed by atoms with Crippen LogP contribution in [0.5, 0.6) is 0 Å². The van der Waals surface area contributed by atoms with Gasteiger partial charge in [-0.2, -0.15) is 4.98 Å². The third kappa shape index (κ3) is 3.04. The van der Waals surface area contributed by atoms with Gasteiger partial charge in [-0.1, -0.05) is 23.4 Å². The lowest BCUT2D eigenvalue weighted by atomic mass is 10.2. The van der Waals surface area contributed by atoms with E-state index < -0.39 is 5.82 Å². The highest BCUT2D eigenvalue weighted by molar-refractivity contribution is 5.93.